The van der Waals surface area contributed by atoms with Crippen molar-refractivity contribution < 1.29 is 14.6 Å². The largest absolute Gasteiger partial charge is 0.417 e. The molecule has 0 fully saturated rings. The summed E-state index contributed by atoms with van der Waals surface area (Å²) in [6.45, 7) is 2.00. The van der Waals surface area contributed by atoms with E-state index in [1.165, 1.54) is 11.3 Å². The molecule has 14 heavy (non-hydrogen) atoms. The summed E-state index contributed by atoms with van der Waals surface area (Å²) in [5.41, 5.74) is 0.542. The summed E-state index contributed by atoms with van der Waals surface area (Å²) in [7, 11) is 0. The summed E-state index contributed by atoms with van der Waals surface area (Å²) in [4.78, 5) is 28.4. The van der Waals surface area contributed by atoms with Gasteiger partial charge in [0.25, 0.3) is 6.04 Å². The number of rotatable bonds is 2. The first-order chi connectivity index (χ1) is 6.74. The molecule has 1 atom stereocenters. The standard InChI is InChI=1S/C9H10NO3S/c1-2-3-7-8-6(4-5-14-8)9(11)13-10(7)12/h4-5,7H,2-3H2,1H3/q+1. The monoisotopic (exact) mass is 212 g/mol. The van der Waals surface area contributed by atoms with Crippen LogP contribution in [0.5, 0.6) is 0 Å². The molecule has 5 heteroatoms. The van der Waals surface area contributed by atoms with Crippen LogP contribution in [0.15, 0.2) is 11.4 Å². The Labute approximate surface area is 85.0 Å². The number of fused-ring (bicyclic) bond motifs is 1. The van der Waals surface area contributed by atoms with Crippen LogP contribution in [0.1, 0.15) is 41.0 Å². The van der Waals surface area contributed by atoms with Crippen LogP contribution in [-0.2, 0) is 4.84 Å². The lowest BCUT2D eigenvalue weighted by atomic mass is 10.1. The second-order valence-corrected chi connectivity index (χ2v) is 4.11. The Balaban J connectivity index is 2.41. The van der Waals surface area contributed by atoms with Crippen LogP contribution >= 0.6 is 11.3 Å². The van der Waals surface area contributed by atoms with Crippen LogP contribution in [0, 0.1) is 4.91 Å². The Hall–Kier alpha value is -1.23. The van der Waals surface area contributed by atoms with Crippen LogP contribution < -0.4 is 0 Å². The van der Waals surface area contributed by atoms with Gasteiger partial charge in [0.2, 0.25) is 4.92 Å². The first-order valence-corrected chi connectivity index (χ1v) is 5.38. The van der Waals surface area contributed by atoms with Crippen molar-refractivity contribution in [1.82, 2.24) is 0 Å². The third-order valence-electron chi connectivity index (χ3n) is 2.21. The van der Waals surface area contributed by atoms with E-state index in [1.54, 1.807) is 6.07 Å². The second-order valence-electron chi connectivity index (χ2n) is 3.17. The molecule has 0 spiro atoms. The van der Waals surface area contributed by atoms with Crippen molar-refractivity contribution in [3.63, 3.8) is 0 Å². The van der Waals surface area contributed by atoms with Crippen molar-refractivity contribution in [2.45, 2.75) is 25.8 Å². The predicted octanol–water partition coefficient (Wildman–Crippen LogP) is 2.45. The number of thiophene rings is 1. The maximum absolute atomic E-state index is 11.3. The Morgan fingerprint density at radius 1 is 1.64 bits per heavy atom. The Kier molecular flexibility index (Phi) is 2.33. The van der Waals surface area contributed by atoms with E-state index in [0.717, 1.165) is 11.3 Å². The lowest BCUT2D eigenvalue weighted by molar-refractivity contribution is -0.808. The average molecular weight is 212 g/mol. The van der Waals surface area contributed by atoms with Crippen molar-refractivity contribution in [1.29, 1.82) is 0 Å². The highest BCUT2D eigenvalue weighted by molar-refractivity contribution is 7.10. The number of carbonyl (C=O) groups excluding carboxylic acids is 1. The number of nitrogens with zero attached hydrogens (tertiary/aromatic N) is 1. The topological polar surface area (TPSA) is 46.4 Å². The fourth-order valence-electron chi connectivity index (χ4n) is 1.55. The molecule has 1 aromatic heterocycles. The van der Waals surface area contributed by atoms with E-state index in [4.69, 9.17) is 0 Å². The molecule has 1 aliphatic rings. The van der Waals surface area contributed by atoms with Gasteiger partial charge in [0, 0.05) is 6.42 Å². The average Bonchev–Trinajstić information content (AvgIpc) is 2.60. The van der Waals surface area contributed by atoms with E-state index in [1.807, 2.05) is 12.3 Å². The van der Waals surface area contributed by atoms with Gasteiger partial charge in [-0.2, -0.15) is 0 Å². The molecule has 0 saturated carbocycles. The van der Waals surface area contributed by atoms with Gasteiger partial charge in [0.05, 0.1) is 15.3 Å². The zero-order valence-corrected chi connectivity index (χ0v) is 8.54. The van der Waals surface area contributed by atoms with Crippen molar-refractivity contribution in [3.8, 4) is 0 Å². The Bertz CT molecular complexity index is 385. The van der Waals surface area contributed by atoms with Gasteiger partial charge in [-0.15, -0.1) is 16.2 Å². The van der Waals surface area contributed by atoms with Gasteiger partial charge in [-0.05, 0) is 17.9 Å². The van der Waals surface area contributed by atoms with E-state index in [0.29, 0.717) is 16.9 Å². The molecule has 4 nitrogen and oxygen atoms in total. The zero-order valence-electron chi connectivity index (χ0n) is 7.73. The van der Waals surface area contributed by atoms with Gasteiger partial charge in [0.1, 0.15) is 0 Å². The molecule has 0 aromatic carbocycles. The Morgan fingerprint density at radius 3 is 3.14 bits per heavy atom. The van der Waals surface area contributed by atoms with E-state index in [2.05, 4.69) is 4.84 Å². The lowest BCUT2D eigenvalue weighted by Crippen LogP contribution is -2.27. The van der Waals surface area contributed by atoms with E-state index >= 15 is 0 Å². The van der Waals surface area contributed by atoms with Crippen LogP contribution in [-0.4, -0.2) is 10.9 Å². The smallest absolute Gasteiger partial charge is 0.238 e. The molecule has 1 aromatic rings. The van der Waals surface area contributed by atoms with E-state index in [9.17, 15) is 9.70 Å². The van der Waals surface area contributed by atoms with Gasteiger partial charge in [0.15, 0.2) is 0 Å². The lowest BCUT2D eigenvalue weighted by Gasteiger charge is -2.10. The fourth-order valence-corrected chi connectivity index (χ4v) is 2.54. The quantitative estimate of drug-likeness (QED) is 0.756. The Morgan fingerprint density at radius 2 is 2.43 bits per heavy atom. The summed E-state index contributed by atoms with van der Waals surface area (Å²) in [5.74, 6) is -0.538. The number of hydrogen-bond donors (Lipinski definition) is 0. The predicted molar refractivity (Wildman–Crippen MR) is 51.0 cm³/mol. The van der Waals surface area contributed by atoms with Crippen LogP contribution in [0.25, 0.3) is 0 Å². The maximum Gasteiger partial charge on any atom is 0.417 e. The first kappa shape index (κ1) is 9.33. The molecule has 0 amide bonds. The molecule has 0 saturated heterocycles. The molecule has 1 unspecified atom stereocenters. The molecule has 0 aliphatic carbocycles. The van der Waals surface area contributed by atoms with Crippen molar-refractivity contribution in [2.24, 2.45) is 0 Å². The molecule has 0 bridgehead atoms. The summed E-state index contributed by atoms with van der Waals surface area (Å²) in [6.07, 6.45) is 1.60. The molecule has 0 radical (unpaired) electrons. The van der Waals surface area contributed by atoms with Gasteiger partial charge in [-0.25, -0.2) is 4.79 Å². The first-order valence-electron chi connectivity index (χ1n) is 4.50. The summed E-state index contributed by atoms with van der Waals surface area (Å²) in [6, 6.07) is 1.39. The molecular weight excluding hydrogens is 202 g/mol. The molecule has 2 heterocycles. The maximum atomic E-state index is 11.3. The summed E-state index contributed by atoms with van der Waals surface area (Å²) in [5, 5.41) is 1.81. The highest BCUT2D eigenvalue weighted by Crippen LogP contribution is 2.34. The fraction of sp³-hybridized carbons (Fsp3) is 0.444. The molecular formula is C9H10NO3S+. The third kappa shape index (κ3) is 1.33. The third-order valence-corrected chi connectivity index (χ3v) is 3.23. The van der Waals surface area contributed by atoms with E-state index in [-0.39, 0.29) is 6.04 Å². The number of hydrogen-bond acceptors (Lipinski definition) is 4. The van der Waals surface area contributed by atoms with Gasteiger partial charge < -0.3 is 0 Å². The zero-order chi connectivity index (χ0) is 10.1. The SMILES string of the molecule is CCCC1c2sccc2C(=O)O[N+]1=O. The van der Waals surface area contributed by atoms with Crippen molar-refractivity contribution in [2.75, 3.05) is 0 Å². The minimum Gasteiger partial charge on any atom is -0.238 e. The molecule has 2 rings (SSSR count). The van der Waals surface area contributed by atoms with Crippen molar-refractivity contribution in [3.05, 3.63) is 26.8 Å². The minimum atomic E-state index is -0.538. The van der Waals surface area contributed by atoms with Gasteiger partial charge >= 0.3 is 5.97 Å². The number of carbonyl (C=O) groups is 1. The van der Waals surface area contributed by atoms with Crippen LogP contribution in [0.2, 0.25) is 0 Å². The minimum absolute atomic E-state index is 0.312. The second kappa shape index (κ2) is 3.49. The molecule has 1 aliphatic heterocycles. The summed E-state index contributed by atoms with van der Waals surface area (Å²) < 4.78 is 0. The highest BCUT2D eigenvalue weighted by Gasteiger charge is 2.42. The van der Waals surface area contributed by atoms with Gasteiger partial charge in [-0.3, -0.25) is 0 Å². The van der Waals surface area contributed by atoms with Crippen molar-refractivity contribution >= 4 is 17.3 Å². The van der Waals surface area contributed by atoms with Crippen LogP contribution in [0.4, 0.5) is 0 Å². The molecule has 0 N–H and O–H groups in total. The van der Waals surface area contributed by atoms with Gasteiger partial charge in [-0.1, -0.05) is 6.92 Å². The summed E-state index contributed by atoms with van der Waals surface area (Å²) >= 11 is 1.44. The van der Waals surface area contributed by atoms with Crippen LogP contribution in [0.3, 0.4) is 0 Å². The normalized spacial score (nSPS) is 20.5. The highest BCUT2D eigenvalue weighted by atomic mass is 32.1. The molecule has 74 valence electrons. The van der Waals surface area contributed by atoms with E-state index < -0.39 is 5.97 Å².